The van der Waals surface area contributed by atoms with E-state index in [9.17, 15) is 4.79 Å². The van der Waals surface area contributed by atoms with E-state index < -0.39 is 5.97 Å². The van der Waals surface area contributed by atoms with Crippen molar-refractivity contribution in [2.75, 3.05) is 5.32 Å². The maximum atomic E-state index is 11.0. The predicted molar refractivity (Wildman–Crippen MR) is 68.9 cm³/mol. The molecule has 2 heterocycles. The van der Waals surface area contributed by atoms with Crippen molar-refractivity contribution in [1.29, 1.82) is 0 Å². The van der Waals surface area contributed by atoms with Gasteiger partial charge in [0.25, 0.3) is 0 Å². The highest BCUT2D eigenvalue weighted by atomic mass is 16.4. The molecular formula is C12H15N5O2. The fraction of sp³-hybridized carbons (Fsp3) is 0.333. The fourth-order valence-corrected chi connectivity index (χ4v) is 1.84. The van der Waals surface area contributed by atoms with Gasteiger partial charge in [-0.3, -0.25) is 4.68 Å². The summed E-state index contributed by atoms with van der Waals surface area (Å²) in [4.78, 5) is 11.0. The highest BCUT2D eigenvalue weighted by molar-refractivity contribution is 5.92. The number of carbonyl (C=O) groups is 1. The van der Waals surface area contributed by atoms with Gasteiger partial charge in [-0.2, -0.15) is 10.2 Å². The molecule has 0 amide bonds. The lowest BCUT2D eigenvalue weighted by atomic mass is 10.2. The van der Waals surface area contributed by atoms with Gasteiger partial charge in [-0.15, -0.1) is 5.10 Å². The van der Waals surface area contributed by atoms with E-state index in [1.165, 1.54) is 12.3 Å². The Bertz CT molecular complexity index is 594. The van der Waals surface area contributed by atoms with Crippen molar-refractivity contribution < 1.29 is 9.90 Å². The number of rotatable bonds is 5. The molecule has 0 saturated heterocycles. The summed E-state index contributed by atoms with van der Waals surface area (Å²) in [6, 6.07) is 1.42. The van der Waals surface area contributed by atoms with Crippen molar-refractivity contribution in [3.8, 4) is 0 Å². The van der Waals surface area contributed by atoms with Crippen molar-refractivity contribution in [2.45, 2.75) is 19.9 Å². The van der Waals surface area contributed by atoms with Crippen LogP contribution in [0, 0.1) is 0 Å². The van der Waals surface area contributed by atoms with E-state index in [0.29, 0.717) is 6.54 Å². The molecule has 0 spiro atoms. The summed E-state index contributed by atoms with van der Waals surface area (Å²) in [5.74, 6) is -0.764. The molecule has 0 bridgehead atoms. The normalized spacial score (nSPS) is 10.4. The zero-order valence-electron chi connectivity index (χ0n) is 10.8. The molecule has 7 heteroatoms. The van der Waals surface area contributed by atoms with Crippen molar-refractivity contribution >= 4 is 11.8 Å². The van der Waals surface area contributed by atoms with Gasteiger partial charge < -0.3 is 10.4 Å². The number of aromatic carboxylic acids is 1. The third-order valence-electron chi connectivity index (χ3n) is 2.72. The molecule has 0 aromatic carbocycles. The monoisotopic (exact) mass is 261 g/mol. The van der Waals surface area contributed by atoms with E-state index in [1.807, 2.05) is 20.2 Å². The van der Waals surface area contributed by atoms with Gasteiger partial charge in [-0.1, -0.05) is 6.92 Å². The lowest BCUT2D eigenvalue weighted by molar-refractivity contribution is 0.0697. The van der Waals surface area contributed by atoms with Gasteiger partial charge in [0, 0.05) is 25.4 Å². The summed E-state index contributed by atoms with van der Waals surface area (Å²) in [5.41, 5.74) is 2.11. The van der Waals surface area contributed by atoms with Crippen molar-refractivity contribution in [1.82, 2.24) is 20.0 Å². The highest BCUT2D eigenvalue weighted by Crippen LogP contribution is 2.13. The minimum Gasteiger partial charge on any atom is -0.478 e. The second-order valence-corrected chi connectivity index (χ2v) is 4.08. The molecule has 0 aliphatic rings. The average molecular weight is 261 g/mol. The molecule has 100 valence electrons. The smallest absolute Gasteiger partial charge is 0.339 e. The average Bonchev–Trinajstić information content (AvgIpc) is 2.77. The Balaban J connectivity index is 2.16. The number of aryl methyl sites for hydroxylation is 2. The summed E-state index contributed by atoms with van der Waals surface area (Å²) in [6.45, 7) is 2.49. The van der Waals surface area contributed by atoms with E-state index in [1.54, 1.807) is 4.68 Å². The molecule has 2 rings (SSSR count). The lowest BCUT2D eigenvalue weighted by Gasteiger charge is -2.06. The third-order valence-corrected chi connectivity index (χ3v) is 2.72. The van der Waals surface area contributed by atoms with Crippen LogP contribution in [0.4, 0.5) is 5.82 Å². The van der Waals surface area contributed by atoms with Gasteiger partial charge in [0.2, 0.25) is 0 Å². The maximum Gasteiger partial charge on any atom is 0.339 e. The molecule has 0 radical (unpaired) electrons. The Kier molecular flexibility index (Phi) is 3.74. The molecule has 0 saturated carbocycles. The first-order valence-corrected chi connectivity index (χ1v) is 5.92. The van der Waals surface area contributed by atoms with E-state index in [2.05, 4.69) is 20.6 Å². The predicted octanol–water partition coefficient (Wildman–Crippen LogP) is 1.08. The second kappa shape index (κ2) is 5.47. The Hall–Kier alpha value is -2.44. The summed E-state index contributed by atoms with van der Waals surface area (Å²) in [6.07, 6.45) is 4.09. The van der Waals surface area contributed by atoms with Crippen LogP contribution in [0.5, 0.6) is 0 Å². The van der Waals surface area contributed by atoms with Crippen LogP contribution >= 0.6 is 0 Å². The standard InChI is InChI=1S/C12H15N5O2/c1-3-10-8(7-17(2)16-10)6-13-11-9(12(18)19)4-5-14-15-11/h4-5,7H,3,6H2,1-2H3,(H,13,15)(H,18,19). The molecule has 0 aliphatic carbocycles. The van der Waals surface area contributed by atoms with Crippen LogP contribution in [0.1, 0.15) is 28.5 Å². The molecular weight excluding hydrogens is 246 g/mol. The van der Waals surface area contributed by atoms with Crippen LogP contribution in [0.25, 0.3) is 0 Å². The topological polar surface area (TPSA) is 92.9 Å². The van der Waals surface area contributed by atoms with Crippen molar-refractivity contribution in [3.05, 3.63) is 35.3 Å². The van der Waals surface area contributed by atoms with E-state index in [-0.39, 0.29) is 11.4 Å². The van der Waals surface area contributed by atoms with Crippen LogP contribution in [-0.2, 0) is 20.0 Å². The molecule has 7 nitrogen and oxygen atoms in total. The maximum absolute atomic E-state index is 11.0. The second-order valence-electron chi connectivity index (χ2n) is 4.08. The molecule has 0 unspecified atom stereocenters. The summed E-state index contributed by atoms with van der Waals surface area (Å²) in [5, 5.41) is 23.9. The SMILES string of the molecule is CCc1nn(C)cc1CNc1nnccc1C(=O)O. The minimum absolute atomic E-state index is 0.108. The van der Waals surface area contributed by atoms with Gasteiger partial charge >= 0.3 is 5.97 Å². The van der Waals surface area contributed by atoms with Gasteiger partial charge in [-0.05, 0) is 12.5 Å². The number of aromatic nitrogens is 4. The number of anilines is 1. The molecule has 19 heavy (non-hydrogen) atoms. The van der Waals surface area contributed by atoms with E-state index in [0.717, 1.165) is 17.7 Å². The number of hydrogen-bond acceptors (Lipinski definition) is 5. The van der Waals surface area contributed by atoms with E-state index >= 15 is 0 Å². The first-order valence-electron chi connectivity index (χ1n) is 5.92. The number of carboxylic acid groups (broad SMARTS) is 1. The van der Waals surface area contributed by atoms with Crippen LogP contribution in [-0.4, -0.2) is 31.1 Å². The molecule has 0 aliphatic heterocycles. The van der Waals surface area contributed by atoms with Crippen molar-refractivity contribution in [3.63, 3.8) is 0 Å². The lowest BCUT2D eigenvalue weighted by Crippen LogP contribution is -2.09. The summed E-state index contributed by atoms with van der Waals surface area (Å²) >= 11 is 0. The highest BCUT2D eigenvalue weighted by Gasteiger charge is 2.12. The van der Waals surface area contributed by atoms with Gasteiger partial charge in [0.05, 0.1) is 11.9 Å². The third kappa shape index (κ3) is 2.87. The number of carboxylic acids is 1. The Morgan fingerprint density at radius 3 is 3.00 bits per heavy atom. The summed E-state index contributed by atoms with van der Waals surface area (Å²) in [7, 11) is 1.85. The van der Waals surface area contributed by atoms with Gasteiger partial charge in [0.1, 0.15) is 5.56 Å². The first kappa shape index (κ1) is 13.0. The zero-order valence-corrected chi connectivity index (χ0v) is 10.8. The Morgan fingerprint density at radius 1 is 1.53 bits per heavy atom. The van der Waals surface area contributed by atoms with Gasteiger partial charge in [0.15, 0.2) is 5.82 Å². The number of hydrogen-bond donors (Lipinski definition) is 2. The quantitative estimate of drug-likeness (QED) is 0.836. The number of nitrogens with zero attached hydrogens (tertiary/aromatic N) is 4. The van der Waals surface area contributed by atoms with Crippen molar-refractivity contribution in [2.24, 2.45) is 7.05 Å². The molecule has 2 aromatic rings. The minimum atomic E-state index is -1.03. The fourth-order valence-electron chi connectivity index (χ4n) is 1.84. The van der Waals surface area contributed by atoms with Crippen LogP contribution in [0.15, 0.2) is 18.5 Å². The number of nitrogens with one attached hydrogen (secondary N) is 1. The Morgan fingerprint density at radius 2 is 2.32 bits per heavy atom. The molecule has 0 atom stereocenters. The first-order chi connectivity index (χ1) is 9.11. The zero-order chi connectivity index (χ0) is 13.8. The van der Waals surface area contributed by atoms with Gasteiger partial charge in [-0.25, -0.2) is 4.79 Å². The van der Waals surface area contributed by atoms with Crippen LogP contribution in [0.2, 0.25) is 0 Å². The summed E-state index contributed by atoms with van der Waals surface area (Å²) < 4.78 is 1.74. The largest absolute Gasteiger partial charge is 0.478 e. The Labute approximate surface area is 110 Å². The molecule has 2 aromatic heterocycles. The molecule has 0 fully saturated rings. The van der Waals surface area contributed by atoms with Crippen LogP contribution < -0.4 is 5.32 Å². The van der Waals surface area contributed by atoms with E-state index in [4.69, 9.17) is 5.11 Å². The molecule has 2 N–H and O–H groups in total. The van der Waals surface area contributed by atoms with Crippen LogP contribution in [0.3, 0.4) is 0 Å².